The zero-order valence-electron chi connectivity index (χ0n) is 16.5. The van der Waals surface area contributed by atoms with E-state index < -0.39 is 8.32 Å². The van der Waals surface area contributed by atoms with E-state index in [1.54, 1.807) is 0 Å². The summed E-state index contributed by atoms with van der Waals surface area (Å²) in [4.78, 5) is 0. The van der Waals surface area contributed by atoms with Crippen LogP contribution in [0.3, 0.4) is 0 Å². The number of unbranched alkanes of at least 4 members (excludes halogenated alkanes) is 4. The Bertz CT molecular complexity index is 378. The van der Waals surface area contributed by atoms with Crippen molar-refractivity contribution < 1.29 is 4.43 Å². The summed E-state index contributed by atoms with van der Waals surface area (Å²) >= 11 is 0. The standard InChI is InChI=1S/C21H40OSi/c1-8-10-11-12-13-14-15-19-17-20(16-18(19)9-2)22-23(6,7)21(3,4)5/h9,14-15,18-20H,2,8,10-13,16-17H2,1,3-7H3/b15-14-/t18-,19+,20+/m1/s1. The van der Waals surface area contributed by atoms with E-state index in [2.05, 4.69) is 65.6 Å². The Kier molecular flexibility index (Phi) is 8.30. The first-order chi connectivity index (χ1) is 10.7. The maximum Gasteiger partial charge on any atom is 0.192 e. The molecule has 0 radical (unpaired) electrons. The van der Waals surface area contributed by atoms with E-state index in [4.69, 9.17) is 4.43 Å². The molecule has 1 rings (SSSR count). The van der Waals surface area contributed by atoms with Gasteiger partial charge in [-0.1, -0.05) is 65.2 Å². The second-order valence-corrected chi connectivity index (χ2v) is 13.6. The molecule has 0 aromatic carbocycles. The molecule has 0 unspecified atom stereocenters. The summed E-state index contributed by atoms with van der Waals surface area (Å²) in [5.41, 5.74) is 0. The molecule has 0 heterocycles. The Morgan fingerprint density at radius 1 is 1.09 bits per heavy atom. The van der Waals surface area contributed by atoms with Crippen molar-refractivity contribution in [2.24, 2.45) is 11.8 Å². The normalized spacial score (nSPS) is 26.1. The van der Waals surface area contributed by atoms with Crippen LogP contribution in [-0.2, 0) is 4.43 Å². The van der Waals surface area contributed by atoms with E-state index in [1.165, 1.54) is 38.5 Å². The predicted octanol–water partition coefficient (Wildman–Crippen LogP) is 7.12. The summed E-state index contributed by atoms with van der Waals surface area (Å²) < 4.78 is 6.64. The van der Waals surface area contributed by atoms with Crippen LogP contribution in [0.5, 0.6) is 0 Å². The minimum absolute atomic E-state index is 0.296. The molecule has 1 saturated carbocycles. The van der Waals surface area contributed by atoms with Gasteiger partial charge in [0.15, 0.2) is 8.32 Å². The van der Waals surface area contributed by atoms with Crippen molar-refractivity contribution in [2.45, 2.75) is 96.9 Å². The molecule has 0 spiro atoms. The second kappa shape index (κ2) is 9.22. The molecular weight excluding hydrogens is 296 g/mol. The summed E-state index contributed by atoms with van der Waals surface area (Å²) in [6, 6.07) is 0. The van der Waals surface area contributed by atoms with Gasteiger partial charge in [-0.05, 0) is 55.7 Å². The van der Waals surface area contributed by atoms with Gasteiger partial charge >= 0.3 is 0 Å². The van der Waals surface area contributed by atoms with Gasteiger partial charge in [0.1, 0.15) is 0 Å². The summed E-state index contributed by atoms with van der Waals surface area (Å²) in [6.07, 6.45) is 16.4. The third-order valence-electron chi connectivity index (χ3n) is 5.80. The number of hydrogen-bond donors (Lipinski definition) is 0. The quantitative estimate of drug-likeness (QED) is 0.247. The Labute approximate surface area is 146 Å². The molecule has 0 N–H and O–H groups in total. The lowest BCUT2D eigenvalue weighted by Crippen LogP contribution is -2.43. The fourth-order valence-electron chi connectivity index (χ4n) is 3.19. The van der Waals surface area contributed by atoms with Crippen molar-refractivity contribution in [3.63, 3.8) is 0 Å². The van der Waals surface area contributed by atoms with Gasteiger partial charge in [-0.15, -0.1) is 6.58 Å². The fraction of sp³-hybridized carbons (Fsp3) is 0.810. The van der Waals surface area contributed by atoms with Gasteiger partial charge in [0.25, 0.3) is 0 Å². The van der Waals surface area contributed by atoms with Gasteiger partial charge in [0, 0.05) is 6.10 Å². The van der Waals surface area contributed by atoms with Gasteiger partial charge in [0.05, 0.1) is 0 Å². The van der Waals surface area contributed by atoms with E-state index in [1.807, 2.05) is 0 Å². The van der Waals surface area contributed by atoms with Crippen molar-refractivity contribution in [2.75, 3.05) is 0 Å². The van der Waals surface area contributed by atoms with Crippen molar-refractivity contribution in [3.05, 3.63) is 24.8 Å². The van der Waals surface area contributed by atoms with Crippen molar-refractivity contribution in [1.29, 1.82) is 0 Å². The molecule has 23 heavy (non-hydrogen) atoms. The summed E-state index contributed by atoms with van der Waals surface area (Å²) in [5.74, 6) is 1.23. The van der Waals surface area contributed by atoms with Crippen LogP contribution in [0.4, 0.5) is 0 Å². The van der Waals surface area contributed by atoms with Crippen LogP contribution in [-0.4, -0.2) is 14.4 Å². The molecule has 0 bridgehead atoms. The SMILES string of the molecule is C=C[C@@H]1C[C@H](O[Si](C)(C)C(C)(C)C)C[C@@H]1/C=C\CCCCCC. The van der Waals surface area contributed by atoms with Gasteiger partial charge in [-0.3, -0.25) is 0 Å². The fourth-order valence-corrected chi connectivity index (χ4v) is 4.57. The molecule has 0 aliphatic heterocycles. The van der Waals surface area contributed by atoms with Crippen molar-refractivity contribution >= 4 is 8.32 Å². The zero-order chi connectivity index (χ0) is 17.5. The minimum Gasteiger partial charge on any atom is -0.414 e. The molecule has 0 aromatic heterocycles. The average molecular weight is 337 g/mol. The molecule has 0 aromatic rings. The highest BCUT2D eigenvalue weighted by molar-refractivity contribution is 6.74. The number of hydrogen-bond acceptors (Lipinski definition) is 1. The van der Waals surface area contributed by atoms with E-state index >= 15 is 0 Å². The van der Waals surface area contributed by atoms with Gasteiger partial charge in [0.2, 0.25) is 0 Å². The van der Waals surface area contributed by atoms with E-state index in [-0.39, 0.29) is 0 Å². The monoisotopic (exact) mass is 336 g/mol. The lowest BCUT2D eigenvalue weighted by atomic mass is 9.95. The maximum atomic E-state index is 6.64. The van der Waals surface area contributed by atoms with Gasteiger partial charge in [-0.2, -0.15) is 0 Å². The summed E-state index contributed by atoms with van der Waals surface area (Å²) in [6.45, 7) is 18.0. The molecule has 0 amide bonds. The molecule has 1 nitrogen and oxygen atoms in total. The second-order valence-electron chi connectivity index (χ2n) is 8.81. The third kappa shape index (κ3) is 6.58. The van der Waals surface area contributed by atoms with Crippen LogP contribution >= 0.6 is 0 Å². The smallest absolute Gasteiger partial charge is 0.192 e. The van der Waals surface area contributed by atoms with E-state index in [9.17, 15) is 0 Å². The van der Waals surface area contributed by atoms with E-state index in [0.29, 0.717) is 23.0 Å². The average Bonchev–Trinajstić information content (AvgIpc) is 2.82. The molecular formula is C21H40OSi. The molecule has 134 valence electrons. The molecule has 1 aliphatic carbocycles. The highest BCUT2D eigenvalue weighted by atomic mass is 28.4. The van der Waals surface area contributed by atoms with E-state index in [0.717, 1.165) is 6.42 Å². The first-order valence-electron chi connectivity index (χ1n) is 9.68. The Morgan fingerprint density at radius 3 is 2.30 bits per heavy atom. The topological polar surface area (TPSA) is 9.23 Å². The van der Waals surface area contributed by atoms with Crippen LogP contribution in [0.15, 0.2) is 24.8 Å². The van der Waals surface area contributed by atoms with Crippen LogP contribution in [0.1, 0.15) is 72.6 Å². The maximum absolute atomic E-state index is 6.64. The lowest BCUT2D eigenvalue weighted by Gasteiger charge is -2.38. The highest BCUT2D eigenvalue weighted by Gasteiger charge is 2.42. The first-order valence-corrected chi connectivity index (χ1v) is 12.6. The van der Waals surface area contributed by atoms with Gasteiger partial charge in [-0.25, -0.2) is 0 Å². The highest BCUT2D eigenvalue weighted by Crippen LogP contribution is 2.42. The number of rotatable bonds is 9. The zero-order valence-corrected chi connectivity index (χ0v) is 17.5. The Hall–Kier alpha value is -0.343. The van der Waals surface area contributed by atoms with Crippen LogP contribution in [0.25, 0.3) is 0 Å². The third-order valence-corrected chi connectivity index (χ3v) is 10.3. The number of allylic oxidation sites excluding steroid dienone is 3. The molecule has 3 atom stereocenters. The van der Waals surface area contributed by atoms with Crippen LogP contribution < -0.4 is 0 Å². The molecule has 1 fully saturated rings. The molecule has 1 aliphatic rings. The lowest BCUT2D eigenvalue weighted by molar-refractivity contribution is 0.183. The van der Waals surface area contributed by atoms with Crippen molar-refractivity contribution in [1.82, 2.24) is 0 Å². The van der Waals surface area contributed by atoms with Crippen LogP contribution in [0.2, 0.25) is 18.1 Å². The van der Waals surface area contributed by atoms with Gasteiger partial charge < -0.3 is 4.43 Å². The Balaban J connectivity index is 2.50. The minimum atomic E-state index is -1.65. The van der Waals surface area contributed by atoms with Crippen molar-refractivity contribution in [3.8, 4) is 0 Å². The molecule has 0 saturated heterocycles. The summed E-state index contributed by atoms with van der Waals surface area (Å²) in [5, 5.41) is 0.296. The Morgan fingerprint density at radius 2 is 1.74 bits per heavy atom. The summed E-state index contributed by atoms with van der Waals surface area (Å²) in [7, 11) is -1.65. The van der Waals surface area contributed by atoms with Crippen LogP contribution in [0, 0.1) is 11.8 Å². The predicted molar refractivity (Wildman–Crippen MR) is 106 cm³/mol. The molecule has 2 heteroatoms. The first kappa shape index (κ1) is 20.7. The largest absolute Gasteiger partial charge is 0.414 e.